The average molecular weight is 253 g/mol. The fraction of sp³-hybridized carbons (Fsp3) is 0.462. The monoisotopic (exact) mass is 253 g/mol. The third kappa shape index (κ3) is 3.46. The van der Waals surface area contributed by atoms with E-state index in [9.17, 15) is 9.18 Å². The van der Waals surface area contributed by atoms with Crippen molar-refractivity contribution >= 4 is 17.7 Å². The summed E-state index contributed by atoms with van der Waals surface area (Å²) in [5, 5.41) is 2.88. The minimum atomic E-state index is -0.196. The molecule has 2 nitrogen and oxygen atoms in total. The Hall–Kier alpha value is -1.03. The van der Waals surface area contributed by atoms with Crippen molar-refractivity contribution in [1.82, 2.24) is 5.32 Å². The van der Waals surface area contributed by atoms with Crippen LogP contribution in [0.25, 0.3) is 0 Å². The number of hydrogen-bond acceptors (Lipinski definition) is 2. The van der Waals surface area contributed by atoms with Crippen LogP contribution in [-0.4, -0.2) is 24.0 Å². The number of carbonyl (C=O) groups excluding carboxylic acids is 1. The van der Waals surface area contributed by atoms with Crippen molar-refractivity contribution in [2.45, 2.75) is 12.8 Å². The van der Waals surface area contributed by atoms with Crippen molar-refractivity contribution in [3.63, 3.8) is 0 Å². The van der Waals surface area contributed by atoms with E-state index in [1.165, 1.54) is 6.07 Å². The highest BCUT2D eigenvalue weighted by atomic mass is 32.2. The topological polar surface area (TPSA) is 29.1 Å². The minimum Gasteiger partial charge on any atom is -0.356 e. The predicted octanol–water partition coefficient (Wildman–Crippen LogP) is 2.24. The number of benzene rings is 1. The number of halogens is 1. The van der Waals surface area contributed by atoms with E-state index in [1.807, 2.05) is 17.8 Å². The molecule has 0 spiro atoms. The molecular weight excluding hydrogens is 237 g/mol. The lowest BCUT2D eigenvalue weighted by Crippen LogP contribution is -2.32. The van der Waals surface area contributed by atoms with Crippen LogP contribution < -0.4 is 5.32 Å². The minimum absolute atomic E-state index is 0.117. The van der Waals surface area contributed by atoms with Gasteiger partial charge in [-0.05, 0) is 30.2 Å². The summed E-state index contributed by atoms with van der Waals surface area (Å²) in [6.07, 6.45) is 1.52. The molecule has 1 aromatic carbocycles. The Morgan fingerprint density at radius 1 is 1.47 bits per heavy atom. The molecule has 1 unspecified atom stereocenters. The molecule has 0 radical (unpaired) electrons. The van der Waals surface area contributed by atoms with Gasteiger partial charge in [0.05, 0.1) is 0 Å². The third-order valence-electron chi connectivity index (χ3n) is 2.95. The normalized spacial score (nSPS) is 19.2. The van der Waals surface area contributed by atoms with E-state index in [1.54, 1.807) is 12.1 Å². The maximum Gasteiger partial charge on any atom is 0.223 e. The van der Waals surface area contributed by atoms with Crippen LogP contribution in [0.2, 0.25) is 0 Å². The second-order valence-electron chi connectivity index (χ2n) is 4.19. The maximum atomic E-state index is 13.3. The van der Waals surface area contributed by atoms with Gasteiger partial charge in [-0.2, -0.15) is 11.8 Å². The molecule has 0 saturated carbocycles. The summed E-state index contributed by atoms with van der Waals surface area (Å²) in [6, 6.07) is 6.69. The molecular formula is C13H16FNOS. The van der Waals surface area contributed by atoms with Gasteiger partial charge in [-0.3, -0.25) is 4.79 Å². The van der Waals surface area contributed by atoms with Crippen LogP contribution in [0.5, 0.6) is 0 Å². The number of carbonyl (C=O) groups is 1. The van der Waals surface area contributed by atoms with Crippen LogP contribution in [0.1, 0.15) is 12.0 Å². The molecule has 1 amide bonds. The SMILES string of the molecule is O=C(NCCc1ccccc1F)C1CCSC1. The van der Waals surface area contributed by atoms with Crippen LogP contribution in [0.4, 0.5) is 4.39 Å². The number of thioether (sulfide) groups is 1. The van der Waals surface area contributed by atoms with Crippen molar-refractivity contribution in [2.75, 3.05) is 18.1 Å². The zero-order chi connectivity index (χ0) is 12.1. The third-order valence-corrected chi connectivity index (χ3v) is 4.11. The first-order valence-electron chi connectivity index (χ1n) is 5.86. The van der Waals surface area contributed by atoms with Crippen LogP contribution in [0, 0.1) is 11.7 Å². The van der Waals surface area contributed by atoms with E-state index < -0.39 is 0 Å². The van der Waals surface area contributed by atoms with E-state index >= 15 is 0 Å². The Bertz CT molecular complexity index is 391. The molecule has 92 valence electrons. The fourth-order valence-electron chi connectivity index (χ4n) is 1.91. The summed E-state index contributed by atoms with van der Waals surface area (Å²) < 4.78 is 13.3. The average Bonchev–Trinajstić information content (AvgIpc) is 2.85. The number of hydrogen-bond donors (Lipinski definition) is 1. The molecule has 1 saturated heterocycles. The van der Waals surface area contributed by atoms with E-state index in [4.69, 9.17) is 0 Å². The predicted molar refractivity (Wildman–Crippen MR) is 68.5 cm³/mol. The Kier molecular flexibility index (Phi) is 4.42. The number of nitrogens with one attached hydrogen (secondary N) is 1. The van der Waals surface area contributed by atoms with Gasteiger partial charge in [-0.15, -0.1) is 0 Å². The van der Waals surface area contributed by atoms with E-state index in [0.717, 1.165) is 17.9 Å². The summed E-state index contributed by atoms with van der Waals surface area (Å²) in [4.78, 5) is 11.7. The highest BCUT2D eigenvalue weighted by Gasteiger charge is 2.22. The number of rotatable bonds is 4. The fourth-order valence-corrected chi connectivity index (χ4v) is 3.13. The Morgan fingerprint density at radius 2 is 2.29 bits per heavy atom. The lowest BCUT2D eigenvalue weighted by atomic mass is 10.1. The summed E-state index contributed by atoms with van der Waals surface area (Å²) in [6.45, 7) is 0.515. The molecule has 0 aromatic heterocycles. The molecule has 1 aliphatic rings. The molecule has 4 heteroatoms. The molecule has 0 aliphatic carbocycles. The molecule has 1 aromatic rings. The van der Waals surface area contributed by atoms with E-state index in [0.29, 0.717) is 18.5 Å². The van der Waals surface area contributed by atoms with E-state index in [-0.39, 0.29) is 17.6 Å². The summed E-state index contributed by atoms with van der Waals surface area (Å²) in [7, 11) is 0. The summed E-state index contributed by atoms with van der Waals surface area (Å²) in [5.41, 5.74) is 0.661. The van der Waals surface area contributed by atoms with Gasteiger partial charge in [0, 0.05) is 18.2 Å². The molecule has 1 N–H and O–H groups in total. The first-order chi connectivity index (χ1) is 8.27. The van der Waals surface area contributed by atoms with E-state index in [2.05, 4.69) is 5.32 Å². The first kappa shape index (κ1) is 12.4. The number of amides is 1. The summed E-state index contributed by atoms with van der Waals surface area (Å²) in [5.74, 6) is 2.07. The quantitative estimate of drug-likeness (QED) is 0.891. The van der Waals surface area contributed by atoms with Gasteiger partial charge in [-0.1, -0.05) is 18.2 Å². The molecule has 1 fully saturated rings. The van der Waals surface area contributed by atoms with Gasteiger partial charge in [-0.25, -0.2) is 4.39 Å². The first-order valence-corrected chi connectivity index (χ1v) is 7.01. The maximum absolute atomic E-state index is 13.3. The second-order valence-corrected chi connectivity index (χ2v) is 5.34. The highest BCUT2D eigenvalue weighted by molar-refractivity contribution is 7.99. The standard InChI is InChI=1S/C13H16FNOS/c14-12-4-2-1-3-10(12)5-7-15-13(16)11-6-8-17-9-11/h1-4,11H,5-9H2,(H,15,16). The molecule has 1 atom stereocenters. The van der Waals surface area contributed by atoms with Gasteiger partial charge in [0.2, 0.25) is 5.91 Å². The van der Waals surface area contributed by atoms with Gasteiger partial charge in [0.15, 0.2) is 0 Å². The Morgan fingerprint density at radius 3 is 3.00 bits per heavy atom. The van der Waals surface area contributed by atoms with Crippen molar-refractivity contribution in [3.05, 3.63) is 35.6 Å². The molecule has 1 aliphatic heterocycles. The van der Waals surface area contributed by atoms with Crippen LogP contribution >= 0.6 is 11.8 Å². The Balaban J connectivity index is 1.76. The largest absolute Gasteiger partial charge is 0.356 e. The van der Waals surface area contributed by atoms with Crippen molar-refractivity contribution in [3.8, 4) is 0 Å². The molecule has 0 bridgehead atoms. The van der Waals surface area contributed by atoms with Crippen LogP contribution in [0.15, 0.2) is 24.3 Å². The van der Waals surface area contributed by atoms with Crippen molar-refractivity contribution < 1.29 is 9.18 Å². The smallest absolute Gasteiger partial charge is 0.223 e. The zero-order valence-electron chi connectivity index (χ0n) is 9.62. The van der Waals surface area contributed by atoms with Gasteiger partial charge < -0.3 is 5.32 Å². The van der Waals surface area contributed by atoms with Crippen LogP contribution in [-0.2, 0) is 11.2 Å². The summed E-state index contributed by atoms with van der Waals surface area (Å²) >= 11 is 1.82. The highest BCUT2D eigenvalue weighted by Crippen LogP contribution is 2.23. The lowest BCUT2D eigenvalue weighted by molar-refractivity contribution is -0.124. The zero-order valence-corrected chi connectivity index (χ0v) is 10.4. The van der Waals surface area contributed by atoms with Crippen molar-refractivity contribution in [2.24, 2.45) is 5.92 Å². The molecule has 17 heavy (non-hydrogen) atoms. The van der Waals surface area contributed by atoms with Gasteiger partial charge in [0.1, 0.15) is 5.82 Å². The molecule has 1 heterocycles. The van der Waals surface area contributed by atoms with Crippen molar-refractivity contribution in [1.29, 1.82) is 0 Å². The lowest BCUT2D eigenvalue weighted by Gasteiger charge is -2.09. The van der Waals surface area contributed by atoms with Gasteiger partial charge in [0.25, 0.3) is 0 Å². The Labute approximate surface area is 105 Å². The second kappa shape index (κ2) is 6.05. The van der Waals surface area contributed by atoms with Gasteiger partial charge >= 0.3 is 0 Å². The molecule has 2 rings (SSSR count). The van der Waals surface area contributed by atoms with Crippen LogP contribution in [0.3, 0.4) is 0 Å².